The van der Waals surface area contributed by atoms with E-state index in [1.165, 1.54) is 0 Å². The summed E-state index contributed by atoms with van der Waals surface area (Å²) in [5, 5.41) is 0. The maximum atomic E-state index is 5.69. The predicted octanol–water partition coefficient (Wildman–Crippen LogP) is 1.26. The Kier molecular flexibility index (Phi) is 3.86. The minimum atomic E-state index is 0.560. The van der Waals surface area contributed by atoms with Crippen LogP contribution in [-0.2, 0) is 13.1 Å². The summed E-state index contributed by atoms with van der Waals surface area (Å²) in [6.45, 7) is 8.16. The quantitative estimate of drug-likeness (QED) is 0.860. The van der Waals surface area contributed by atoms with Gasteiger partial charge in [-0.15, -0.1) is 0 Å². The SMILES string of the molecule is CC1CN(Cc2occc2CN)CC(C)N1C. The van der Waals surface area contributed by atoms with E-state index in [0.29, 0.717) is 18.6 Å². The molecule has 0 amide bonds. The minimum absolute atomic E-state index is 0.560. The van der Waals surface area contributed by atoms with Crippen molar-refractivity contribution >= 4 is 0 Å². The van der Waals surface area contributed by atoms with Crippen LogP contribution in [0.2, 0.25) is 0 Å². The van der Waals surface area contributed by atoms with E-state index in [1.807, 2.05) is 6.07 Å². The zero-order chi connectivity index (χ0) is 12.4. The van der Waals surface area contributed by atoms with Gasteiger partial charge in [-0.2, -0.15) is 0 Å². The molecule has 1 aliphatic rings. The van der Waals surface area contributed by atoms with Gasteiger partial charge in [0.1, 0.15) is 5.76 Å². The molecule has 2 unspecified atom stereocenters. The largest absolute Gasteiger partial charge is 0.468 e. The van der Waals surface area contributed by atoms with Crippen molar-refractivity contribution < 1.29 is 4.42 Å². The molecule has 0 aliphatic carbocycles. The Hall–Kier alpha value is -0.840. The van der Waals surface area contributed by atoms with Crippen LogP contribution >= 0.6 is 0 Å². The predicted molar refractivity (Wildman–Crippen MR) is 68.6 cm³/mol. The molecule has 96 valence electrons. The molecule has 1 fully saturated rings. The van der Waals surface area contributed by atoms with Gasteiger partial charge in [0.05, 0.1) is 12.8 Å². The highest BCUT2D eigenvalue weighted by molar-refractivity contribution is 5.16. The van der Waals surface area contributed by atoms with Gasteiger partial charge >= 0.3 is 0 Å². The Morgan fingerprint density at radius 3 is 2.59 bits per heavy atom. The number of nitrogens with zero attached hydrogens (tertiary/aromatic N) is 2. The molecular weight excluding hydrogens is 214 g/mol. The van der Waals surface area contributed by atoms with Gasteiger partial charge in [-0.3, -0.25) is 9.80 Å². The van der Waals surface area contributed by atoms with Crippen molar-refractivity contribution in [2.45, 2.75) is 39.0 Å². The van der Waals surface area contributed by atoms with Crippen LogP contribution in [0.1, 0.15) is 25.2 Å². The number of piperazine rings is 1. The lowest BCUT2D eigenvalue weighted by molar-refractivity contribution is 0.0516. The van der Waals surface area contributed by atoms with Gasteiger partial charge in [0.15, 0.2) is 0 Å². The van der Waals surface area contributed by atoms with Crippen molar-refractivity contribution in [3.05, 3.63) is 23.7 Å². The lowest BCUT2D eigenvalue weighted by atomic mass is 10.1. The van der Waals surface area contributed by atoms with Crippen LogP contribution in [0.15, 0.2) is 16.7 Å². The van der Waals surface area contributed by atoms with Gasteiger partial charge in [-0.1, -0.05) is 0 Å². The third kappa shape index (κ3) is 2.70. The van der Waals surface area contributed by atoms with Crippen LogP contribution < -0.4 is 5.73 Å². The fraction of sp³-hybridized carbons (Fsp3) is 0.692. The second kappa shape index (κ2) is 5.21. The maximum Gasteiger partial charge on any atom is 0.122 e. The molecule has 0 spiro atoms. The first-order valence-corrected chi connectivity index (χ1v) is 6.31. The molecule has 4 nitrogen and oxygen atoms in total. The Morgan fingerprint density at radius 2 is 2.00 bits per heavy atom. The zero-order valence-corrected chi connectivity index (χ0v) is 11.0. The fourth-order valence-corrected chi connectivity index (χ4v) is 2.53. The molecule has 2 heterocycles. The highest BCUT2D eigenvalue weighted by Crippen LogP contribution is 2.18. The Bertz CT molecular complexity index is 351. The molecule has 17 heavy (non-hydrogen) atoms. The number of hydrogen-bond acceptors (Lipinski definition) is 4. The third-order valence-corrected chi connectivity index (χ3v) is 3.86. The zero-order valence-electron chi connectivity index (χ0n) is 11.0. The van der Waals surface area contributed by atoms with Crippen molar-refractivity contribution in [1.82, 2.24) is 9.80 Å². The van der Waals surface area contributed by atoms with Crippen LogP contribution in [-0.4, -0.2) is 42.0 Å². The number of rotatable bonds is 3. The third-order valence-electron chi connectivity index (χ3n) is 3.86. The summed E-state index contributed by atoms with van der Waals surface area (Å²) in [4.78, 5) is 4.88. The highest BCUT2D eigenvalue weighted by atomic mass is 16.3. The van der Waals surface area contributed by atoms with Gasteiger partial charge in [0.2, 0.25) is 0 Å². The number of furan rings is 1. The van der Waals surface area contributed by atoms with Crippen LogP contribution in [0.3, 0.4) is 0 Å². The van der Waals surface area contributed by atoms with E-state index in [1.54, 1.807) is 6.26 Å². The molecule has 1 aromatic rings. The molecule has 4 heteroatoms. The average Bonchev–Trinajstić information content (AvgIpc) is 2.73. The molecule has 0 radical (unpaired) electrons. The molecule has 1 aliphatic heterocycles. The van der Waals surface area contributed by atoms with E-state index >= 15 is 0 Å². The number of likely N-dealkylation sites (N-methyl/N-ethyl adjacent to an activating group) is 1. The van der Waals surface area contributed by atoms with E-state index < -0.39 is 0 Å². The van der Waals surface area contributed by atoms with Crippen LogP contribution in [0.25, 0.3) is 0 Å². The Balaban J connectivity index is 2.00. The normalized spacial score (nSPS) is 27.5. The molecular formula is C13H23N3O. The molecule has 1 saturated heterocycles. The maximum absolute atomic E-state index is 5.69. The van der Waals surface area contributed by atoms with Crippen LogP contribution in [0.4, 0.5) is 0 Å². The summed E-state index contributed by atoms with van der Waals surface area (Å²) in [5.74, 6) is 1.02. The van der Waals surface area contributed by atoms with Gasteiger partial charge in [0, 0.05) is 37.3 Å². The molecule has 1 aromatic heterocycles. The summed E-state index contributed by atoms with van der Waals surface area (Å²) >= 11 is 0. The smallest absolute Gasteiger partial charge is 0.122 e. The van der Waals surface area contributed by atoms with E-state index in [4.69, 9.17) is 10.2 Å². The van der Waals surface area contributed by atoms with Crippen molar-refractivity contribution in [2.24, 2.45) is 5.73 Å². The van der Waals surface area contributed by atoms with Gasteiger partial charge in [-0.05, 0) is 27.0 Å². The lowest BCUT2D eigenvalue weighted by Crippen LogP contribution is -2.54. The number of nitrogens with two attached hydrogens (primary N) is 1. The fourth-order valence-electron chi connectivity index (χ4n) is 2.53. The lowest BCUT2D eigenvalue weighted by Gasteiger charge is -2.42. The molecule has 2 rings (SSSR count). The highest BCUT2D eigenvalue weighted by Gasteiger charge is 2.27. The van der Waals surface area contributed by atoms with Crippen molar-refractivity contribution in [2.75, 3.05) is 20.1 Å². The van der Waals surface area contributed by atoms with Gasteiger partial charge in [-0.25, -0.2) is 0 Å². The summed E-state index contributed by atoms with van der Waals surface area (Å²) in [7, 11) is 2.20. The average molecular weight is 237 g/mol. The van der Waals surface area contributed by atoms with Crippen molar-refractivity contribution in [3.63, 3.8) is 0 Å². The van der Waals surface area contributed by atoms with Crippen molar-refractivity contribution in [1.29, 1.82) is 0 Å². The molecule has 0 bridgehead atoms. The summed E-state index contributed by atoms with van der Waals surface area (Å²) < 4.78 is 5.52. The standard InChI is InChI=1S/C13H23N3O/c1-10-7-16(8-11(2)15(10)3)9-13-12(6-14)4-5-17-13/h4-5,10-11H,6-9,14H2,1-3H3. The topological polar surface area (TPSA) is 45.6 Å². The van der Waals surface area contributed by atoms with Crippen LogP contribution in [0.5, 0.6) is 0 Å². The minimum Gasteiger partial charge on any atom is -0.468 e. The second-order valence-corrected chi connectivity index (χ2v) is 5.13. The van der Waals surface area contributed by atoms with E-state index in [-0.39, 0.29) is 0 Å². The molecule has 2 N–H and O–H groups in total. The van der Waals surface area contributed by atoms with Crippen LogP contribution in [0, 0.1) is 0 Å². The Morgan fingerprint density at radius 1 is 1.35 bits per heavy atom. The monoisotopic (exact) mass is 237 g/mol. The van der Waals surface area contributed by atoms with E-state index in [2.05, 4.69) is 30.7 Å². The van der Waals surface area contributed by atoms with E-state index in [0.717, 1.165) is 31.0 Å². The Labute approximate surface area is 103 Å². The first kappa shape index (κ1) is 12.6. The van der Waals surface area contributed by atoms with Gasteiger partial charge in [0.25, 0.3) is 0 Å². The summed E-state index contributed by atoms with van der Waals surface area (Å²) in [6, 6.07) is 3.16. The van der Waals surface area contributed by atoms with Crippen molar-refractivity contribution in [3.8, 4) is 0 Å². The molecule has 2 atom stereocenters. The van der Waals surface area contributed by atoms with Gasteiger partial charge < -0.3 is 10.2 Å². The summed E-state index contributed by atoms with van der Waals surface area (Å²) in [5.41, 5.74) is 6.82. The molecule has 0 aromatic carbocycles. The molecule has 0 saturated carbocycles. The van der Waals surface area contributed by atoms with E-state index in [9.17, 15) is 0 Å². The second-order valence-electron chi connectivity index (χ2n) is 5.13. The number of hydrogen-bond donors (Lipinski definition) is 1. The first-order valence-electron chi connectivity index (χ1n) is 6.31. The first-order chi connectivity index (χ1) is 8.11. The summed E-state index contributed by atoms with van der Waals surface area (Å²) in [6.07, 6.45) is 1.74.